The number of allylic oxidation sites excluding steroid dienone is 4. The molecule has 1 aliphatic rings. The zero-order valence-electron chi connectivity index (χ0n) is 14.5. The molecule has 0 saturated carbocycles. The fourth-order valence-electron chi connectivity index (χ4n) is 2.94. The minimum absolute atomic E-state index is 0.0215. The molecule has 2 aromatic rings. The normalized spacial score (nSPS) is 14.1. The van der Waals surface area contributed by atoms with Crippen molar-refractivity contribution < 1.29 is 22.4 Å². The number of halogens is 4. The Hall–Kier alpha value is -3.62. The maximum Gasteiger partial charge on any atom is 0.417 e. The second-order valence-corrected chi connectivity index (χ2v) is 6.08. The zero-order chi connectivity index (χ0) is 20.5. The zero-order valence-corrected chi connectivity index (χ0v) is 14.5. The Morgan fingerprint density at radius 3 is 2.25 bits per heavy atom. The van der Waals surface area contributed by atoms with Crippen LogP contribution in [0.1, 0.15) is 18.1 Å². The molecule has 0 fully saturated rings. The number of nitrogens with zero attached hydrogens (tertiary/aromatic N) is 1. The second kappa shape index (κ2) is 7.18. The van der Waals surface area contributed by atoms with Gasteiger partial charge in [-0.25, -0.2) is 9.18 Å². The summed E-state index contributed by atoms with van der Waals surface area (Å²) < 4.78 is 54.2. The Morgan fingerprint density at radius 2 is 1.68 bits per heavy atom. The lowest BCUT2D eigenvalue weighted by Crippen LogP contribution is -2.18. The molecule has 2 aromatic carbocycles. The van der Waals surface area contributed by atoms with Gasteiger partial charge in [0, 0.05) is 11.3 Å². The van der Waals surface area contributed by atoms with Gasteiger partial charge in [0.1, 0.15) is 17.6 Å². The fourth-order valence-corrected chi connectivity index (χ4v) is 2.94. The molecule has 0 unspecified atom stereocenters. The quantitative estimate of drug-likeness (QED) is 0.585. The van der Waals surface area contributed by atoms with Gasteiger partial charge in [-0.15, -0.1) is 0 Å². The Bertz CT molecular complexity index is 1100. The fraction of sp³-hybridized carbons (Fsp3) is 0.0952. The summed E-state index contributed by atoms with van der Waals surface area (Å²) in [6.45, 7) is 1.58. The van der Waals surface area contributed by atoms with E-state index < -0.39 is 17.6 Å². The first kappa shape index (κ1) is 19.2. The summed E-state index contributed by atoms with van der Waals surface area (Å²) in [6.07, 6.45) is -3.30. The summed E-state index contributed by atoms with van der Waals surface area (Å²) in [5.41, 5.74) is 0.158. The maximum absolute atomic E-state index is 13.7. The number of nitrogens with one attached hydrogen (secondary N) is 1. The first-order valence-corrected chi connectivity index (χ1v) is 8.07. The molecule has 0 atom stereocenters. The van der Waals surface area contributed by atoms with Crippen LogP contribution in [-0.2, 0) is 11.0 Å². The number of benzene rings is 2. The summed E-state index contributed by atoms with van der Waals surface area (Å²) in [4.78, 5) is 10.9. The third-order valence-corrected chi connectivity index (χ3v) is 4.29. The van der Waals surface area contributed by atoms with Crippen molar-refractivity contribution in [3.05, 3.63) is 82.5 Å². The number of rotatable bonds is 2. The van der Waals surface area contributed by atoms with Crippen LogP contribution in [0.5, 0.6) is 0 Å². The Balaban J connectivity index is 2.18. The van der Waals surface area contributed by atoms with E-state index in [0.717, 1.165) is 18.2 Å². The Morgan fingerprint density at radius 1 is 1.04 bits per heavy atom. The molecule has 7 heteroatoms. The van der Waals surface area contributed by atoms with Crippen molar-refractivity contribution in [2.45, 2.75) is 13.1 Å². The number of nitriles is 1. The third kappa shape index (κ3) is 3.59. The van der Waals surface area contributed by atoms with Crippen molar-refractivity contribution in [3.63, 3.8) is 0 Å². The van der Waals surface area contributed by atoms with Crippen LogP contribution in [0, 0.1) is 17.1 Å². The van der Waals surface area contributed by atoms with Crippen LogP contribution >= 0.6 is 0 Å². The second-order valence-electron chi connectivity index (χ2n) is 6.08. The molecule has 0 amide bonds. The lowest BCUT2D eigenvalue weighted by Gasteiger charge is -2.20. The van der Waals surface area contributed by atoms with Crippen molar-refractivity contribution in [2.75, 3.05) is 0 Å². The summed E-state index contributed by atoms with van der Waals surface area (Å²) in [7, 11) is 0. The van der Waals surface area contributed by atoms with E-state index in [4.69, 9.17) is 5.26 Å². The summed E-state index contributed by atoms with van der Waals surface area (Å²) >= 11 is 0. The van der Waals surface area contributed by atoms with E-state index in [-0.39, 0.29) is 28.0 Å². The third-order valence-electron chi connectivity index (χ3n) is 4.29. The van der Waals surface area contributed by atoms with Gasteiger partial charge in [0.2, 0.25) is 0 Å². The molecule has 0 aromatic heterocycles. The van der Waals surface area contributed by atoms with Gasteiger partial charge in [-0.05, 0) is 47.9 Å². The monoisotopic (exact) mass is 384 g/mol. The number of hydrogen-bond donors (Lipinski definition) is 1. The van der Waals surface area contributed by atoms with Gasteiger partial charge in [0.25, 0.3) is 0 Å². The molecule has 0 radical (unpaired) electrons. The molecule has 0 bridgehead atoms. The molecule has 1 heterocycles. The molecule has 0 saturated heterocycles. The molecule has 0 spiro atoms. The van der Waals surface area contributed by atoms with Gasteiger partial charge >= 0.3 is 6.18 Å². The first-order valence-electron chi connectivity index (χ1n) is 8.07. The van der Waals surface area contributed by atoms with Crippen LogP contribution in [0.25, 0.3) is 16.7 Å². The predicted molar refractivity (Wildman–Crippen MR) is 95.5 cm³/mol. The highest BCUT2D eigenvalue weighted by molar-refractivity contribution is 5.85. The molecule has 1 N–H and O–H groups in total. The highest BCUT2D eigenvalue weighted by Crippen LogP contribution is 2.39. The topological polar surface area (TPSA) is 52.9 Å². The average molecular weight is 384 g/mol. The van der Waals surface area contributed by atoms with E-state index in [1.165, 1.54) is 30.3 Å². The van der Waals surface area contributed by atoms with Crippen LogP contribution in [-0.4, -0.2) is 5.94 Å². The van der Waals surface area contributed by atoms with Gasteiger partial charge in [-0.2, -0.15) is 18.4 Å². The van der Waals surface area contributed by atoms with Crippen LogP contribution < -0.4 is 5.32 Å². The molecule has 3 rings (SSSR count). The lowest BCUT2D eigenvalue weighted by atomic mass is 9.91. The van der Waals surface area contributed by atoms with Gasteiger partial charge in [0.15, 0.2) is 5.94 Å². The lowest BCUT2D eigenvalue weighted by molar-refractivity contribution is -0.137. The minimum atomic E-state index is -4.65. The van der Waals surface area contributed by atoms with Crippen molar-refractivity contribution in [2.24, 2.45) is 0 Å². The van der Waals surface area contributed by atoms with Gasteiger partial charge in [-0.3, -0.25) is 0 Å². The van der Waals surface area contributed by atoms with E-state index in [1.54, 1.807) is 12.9 Å². The molecular formula is C21H12F4N2O. The smallest absolute Gasteiger partial charge is 0.348 e. The van der Waals surface area contributed by atoms with E-state index >= 15 is 0 Å². The van der Waals surface area contributed by atoms with Crippen molar-refractivity contribution >= 4 is 11.5 Å². The van der Waals surface area contributed by atoms with Crippen LogP contribution in [0.4, 0.5) is 17.6 Å². The van der Waals surface area contributed by atoms with Crippen LogP contribution in [0.15, 0.2) is 65.5 Å². The van der Waals surface area contributed by atoms with Gasteiger partial charge in [0.05, 0.1) is 11.1 Å². The largest absolute Gasteiger partial charge is 0.417 e. The highest BCUT2D eigenvalue weighted by atomic mass is 19.4. The van der Waals surface area contributed by atoms with Gasteiger partial charge < -0.3 is 5.32 Å². The molecule has 28 heavy (non-hydrogen) atoms. The molecule has 0 aliphatic carbocycles. The number of dihydropyridines is 1. The highest BCUT2D eigenvalue weighted by Gasteiger charge is 2.34. The van der Waals surface area contributed by atoms with Gasteiger partial charge in [-0.1, -0.05) is 24.3 Å². The molecule has 3 nitrogen and oxygen atoms in total. The SMILES string of the molecule is CC1=C(c2ccc(-c3ccc(F)cc3)c(C(F)(F)F)c2)C=C(C#N)C(=C=O)N1. The number of alkyl halides is 3. The standard InChI is InChI=1S/C21H12F4N2O/c1-12-18(8-15(10-26)20(11-28)27-12)14-4-7-17(19(9-14)21(23,24)25)13-2-5-16(22)6-3-13/h2-9,27H,1H3. The molecule has 1 aliphatic heterocycles. The van der Waals surface area contributed by atoms with Crippen molar-refractivity contribution in [3.8, 4) is 17.2 Å². The summed E-state index contributed by atoms with van der Waals surface area (Å²) in [5.74, 6) is 1.05. The average Bonchev–Trinajstić information content (AvgIpc) is 2.67. The summed E-state index contributed by atoms with van der Waals surface area (Å²) in [5, 5.41) is 11.8. The number of carbonyl (C=O) groups excluding carboxylic acids is 1. The van der Waals surface area contributed by atoms with E-state index in [2.05, 4.69) is 5.32 Å². The molecular weight excluding hydrogens is 372 g/mol. The summed E-state index contributed by atoms with van der Waals surface area (Å²) in [6, 6.07) is 10.3. The Labute approximate surface area is 157 Å². The first-order chi connectivity index (χ1) is 13.2. The van der Waals surface area contributed by atoms with Crippen LogP contribution in [0.3, 0.4) is 0 Å². The van der Waals surface area contributed by atoms with E-state index in [9.17, 15) is 22.4 Å². The van der Waals surface area contributed by atoms with E-state index in [0.29, 0.717) is 11.3 Å². The van der Waals surface area contributed by atoms with Crippen molar-refractivity contribution in [1.82, 2.24) is 5.32 Å². The molecule has 140 valence electrons. The maximum atomic E-state index is 13.7. The van der Waals surface area contributed by atoms with Crippen LogP contribution in [0.2, 0.25) is 0 Å². The minimum Gasteiger partial charge on any atom is -0.348 e. The van der Waals surface area contributed by atoms with Crippen molar-refractivity contribution in [1.29, 1.82) is 5.26 Å². The predicted octanol–water partition coefficient (Wildman–Crippen LogP) is 5.01. The Kier molecular flexibility index (Phi) is 4.91. The number of hydrogen-bond acceptors (Lipinski definition) is 3. The van der Waals surface area contributed by atoms with E-state index in [1.807, 2.05) is 6.07 Å².